The molecule has 360 valence electrons. The summed E-state index contributed by atoms with van der Waals surface area (Å²) in [5.74, 6) is -1.84. The van der Waals surface area contributed by atoms with Gasteiger partial charge in [0.05, 0.1) is 49.3 Å². The van der Waals surface area contributed by atoms with E-state index in [1.54, 1.807) is 19.9 Å². The van der Waals surface area contributed by atoms with Crippen LogP contribution in [0.15, 0.2) is 36.0 Å². The molecular weight excluding hydrogens is 843 g/mol. The number of epoxide rings is 1. The van der Waals surface area contributed by atoms with Gasteiger partial charge in [0.1, 0.15) is 29.7 Å². The fraction of sp³-hybridized carbons (Fsp3) is 0.729. The van der Waals surface area contributed by atoms with E-state index >= 15 is 0 Å². The van der Waals surface area contributed by atoms with E-state index in [9.17, 15) is 38.7 Å². The summed E-state index contributed by atoms with van der Waals surface area (Å²) in [7, 11) is 0. The molecule has 64 heavy (non-hydrogen) atoms. The van der Waals surface area contributed by atoms with Crippen LogP contribution in [-0.4, -0.2) is 126 Å². The molecule has 16 heteroatoms. The van der Waals surface area contributed by atoms with E-state index in [0.29, 0.717) is 38.0 Å². The van der Waals surface area contributed by atoms with E-state index in [4.69, 9.17) is 18.9 Å². The maximum atomic E-state index is 13.2. The maximum Gasteiger partial charge on any atom is 0.303 e. The van der Waals surface area contributed by atoms with Gasteiger partial charge in [-0.1, -0.05) is 64.3 Å². The number of carbonyl (C=O) groups excluding carboxylic acids is 7. The van der Waals surface area contributed by atoms with Gasteiger partial charge >= 0.3 is 5.97 Å². The molecule has 0 unspecified atom stereocenters. The van der Waals surface area contributed by atoms with Crippen molar-refractivity contribution >= 4 is 52.8 Å². The smallest absolute Gasteiger partial charge is 0.303 e. The van der Waals surface area contributed by atoms with Gasteiger partial charge in [0, 0.05) is 51.0 Å². The number of carbonyl (C=O) groups is 7. The summed E-state index contributed by atoms with van der Waals surface area (Å²) in [4.78, 5) is 87.3. The van der Waals surface area contributed by atoms with E-state index in [1.165, 1.54) is 30.8 Å². The number of unbranched alkanes of at least 4 members (excludes halogenated alkanes) is 3. The molecule has 0 bridgehead atoms. The van der Waals surface area contributed by atoms with Gasteiger partial charge in [-0.15, -0.1) is 0 Å². The first-order valence-corrected chi connectivity index (χ1v) is 24.4. The fourth-order valence-corrected chi connectivity index (χ4v) is 8.62. The molecule has 3 heterocycles. The molecule has 0 saturated carbocycles. The number of hydrogen-bond donors (Lipinski definition) is 4. The van der Waals surface area contributed by atoms with Crippen LogP contribution in [0.5, 0.6) is 0 Å². The zero-order valence-corrected chi connectivity index (χ0v) is 40.3. The predicted molar refractivity (Wildman–Crippen MR) is 245 cm³/mol. The minimum Gasteiger partial charge on any atom is -0.459 e. The SMILES string of the molecule is CSCC(=O)CCCCCCC(=O)N[C@H](C(=O)C[C@@H](C)C(=O)NCC(=O)C[C@@H]1C[C@@]2(CO2)[C@H](O)[C@@H](/C=C/C(C)=C/C[C@@H]2O[C@H](C)[C@H](NC(=O)/C=C\[C@H](C)OC(C)=O)C[C@@H]2C)O1)C(C)C. The summed E-state index contributed by atoms with van der Waals surface area (Å²) in [5, 5.41) is 19.6. The van der Waals surface area contributed by atoms with Crippen molar-refractivity contribution in [1.29, 1.82) is 0 Å². The number of ether oxygens (including phenoxy) is 4. The van der Waals surface area contributed by atoms with E-state index in [-0.39, 0.29) is 85.1 Å². The molecule has 0 radical (unpaired) electrons. The zero-order valence-electron chi connectivity index (χ0n) is 39.5. The lowest BCUT2D eigenvalue weighted by Crippen LogP contribution is -2.50. The van der Waals surface area contributed by atoms with Gasteiger partial charge in [-0.05, 0) is 70.6 Å². The average molecular weight is 918 g/mol. The molecule has 0 aliphatic carbocycles. The van der Waals surface area contributed by atoms with Gasteiger partial charge in [-0.2, -0.15) is 11.8 Å². The number of hydrogen-bond acceptors (Lipinski definition) is 13. The third-order valence-electron chi connectivity index (χ3n) is 12.0. The summed E-state index contributed by atoms with van der Waals surface area (Å²) in [6.07, 6.45) is 13.1. The molecule has 0 aromatic rings. The number of rotatable bonds is 27. The highest BCUT2D eigenvalue weighted by molar-refractivity contribution is 7.99. The Hall–Kier alpha value is -3.70. The molecule has 3 fully saturated rings. The van der Waals surface area contributed by atoms with Crippen molar-refractivity contribution in [3.05, 3.63) is 36.0 Å². The van der Waals surface area contributed by atoms with Crippen LogP contribution in [0.1, 0.15) is 126 Å². The van der Waals surface area contributed by atoms with Crippen molar-refractivity contribution in [1.82, 2.24) is 16.0 Å². The van der Waals surface area contributed by atoms with Crippen LogP contribution < -0.4 is 16.0 Å². The number of aliphatic hydroxyl groups is 1. The highest BCUT2D eigenvalue weighted by atomic mass is 32.2. The van der Waals surface area contributed by atoms with Gasteiger partial charge in [0.2, 0.25) is 17.7 Å². The number of allylic oxidation sites excluding steroid dienone is 2. The largest absolute Gasteiger partial charge is 0.459 e. The number of Topliss-reactive ketones (excluding diaryl/α,β-unsaturated/α-hetero) is 3. The minimum absolute atomic E-state index is 0.00239. The Balaban J connectivity index is 1.43. The monoisotopic (exact) mass is 918 g/mol. The van der Waals surface area contributed by atoms with Crippen molar-refractivity contribution in [2.24, 2.45) is 17.8 Å². The van der Waals surface area contributed by atoms with Crippen LogP contribution in [0.2, 0.25) is 0 Å². The highest BCUT2D eigenvalue weighted by Gasteiger charge is 2.58. The molecule has 1 spiro atoms. The number of amides is 3. The third-order valence-corrected chi connectivity index (χ3v) is 12.6. The highest BCUT2D eigenvalue weighted by Crippen LogP contribution is 2.43. The number of nitrogens with one attached hydrogen (secondary N) is 3. The van der Waals surface area contributed by atoms with Crippen molar-refractivity contribution in [3.63, 3.8) is 0 Å². The normalized spacial score (nSPS) is 27.2. The van der Waals surface area contributed by atoms with Crippen molar-refractivity contribution in [2.45, 2.75) is 180 Å². The molecule has 0 aromatic heterocycles. The van der Waals surface area contributed by atoms with Crippen molar-refractivity contribution < 1.29 is 57.6 Å². The van der Waals surface area contributed by atoms with Gasteiger partial charge < -0.3 is 40.0 Å². The van der Waals surface area contributed by atoms with Gasteiger partial charge in [-0.25, -0.2) is 0 Å². The molecule has 4 N–H and O–H groups in total. The van der Waals surface area contributed by atoms with Gasteiger partial charge in [-0.3, -0.25) is 33.6 Å². The van der Waals surface area contributed by atoms with Crippen LogP contribution >= 0.6 is 11.8 Å². The second-order valence-electron chi connectivity index (χ2n) is 18.4. The molecule has 11 atom stereocenters. The molecule has 3 saturated heterocycles. The Labute approximate surface area is 384 Å². The average Bonchev–Trinajstić information content (AvgIpc) is 4.00. The van der Waals surface area contributed by atoms with Crippen LogP contribution in [-0.2, 0) is 52.5 Å². The molecule has 3 aliphatic heterocycles. The summed E-state index contributed by atoms with van der Waals surface area (Å²) in [6.45, 7) is 14.4. The maximum absolute atomic E-state index is 13.2. The number of aliphatic hydroxyl groups excluding tert-OH is 1. The summed E-state index contributed by atoms with van der Waals surface area (Å²) in [6, 6.07) is -0.911. The standard InChI is InChI=1S/C48H75N3O12S/c1-29(2)45(51-43(56)15-13-11-10-12-14-36(53)27-64-9)40(55)23-32(5)47(59)49-26-37(54)24-38-25-48(28-60-48)46(58)42(63-38)20-17-30(3)16-19-41-31(4)22-39(34(7)62-41)50-44(57)21-18-33(6)61-35(8)52/h16-18,20-21,29,31-34,38-39,41-42,45-46,58H,10-15,19,22-28H2,1-9H3,(H,49,59)(H,50,57)(H,51,56)/b20-17+,21-18-,30-16+/t31-,32+,33-,34+,38+,39+,41-,42+,45-,46+,48+/m0/s1. The molecule has 3 amide bonds. The summed E-state index contributed by atoms with van der Waals surface area (Å²) in [5.41, 5.74) is 0.136. The van der Waals surface area contributed by atoms with Crippen LogP contribution in [0.3, 0.4) is 0 Å². The number of thioether (sulfide) groups is 1. The van der Waals surface area contributed by atoms with Gasteiger partial charge in [0.15, 0.2) is 11.6 Å². The van der Waals surface area contributed by atoms with E-state index < -0.39 is 53.9 Å². The molecule has 15 nitrogen and oxygen atoms in total. The fourth-order valence-electron chi connectivity index (χ4n) is 8.15. The Morgan fingerprint density at radius 2 is 1.62 bits per heavy atom. The Morgan fingerprint density at radius 1 is 0.938 bits per heavy atom. The molecule has 0 aromatic carbocycles. The molecular formula is C48H75N3O12S. The summed E-state index contributed by atoms with van der Waals surface area (Å²) < 4.78 is 23.2. The van der Waals surface area contributed by atoms with Crippen molar-refractivity contribution in [2.75, 3.05) is 25.2 Å². The lowest BCUT2D eigenvalue weighted by molar-refractivity contribution is -0.144. The first-order valence-electron chi connectivity index (χ1n) is 23.0. The van der Waals surface area contributed by atoms with Crippen LogP contribution in [0, 0.1) is 17.8 Å². The lowest BCUT2D eigenvalue weighted by atomic mass is 9.87. The number of esters is 1. The van der Waals surface area contributed by atoms with E-state index in [2.05, 4.69) is 29.0 Å². The van der Waals surface area contributed by atoms with Crippen LogP contribution in [0.4, 0.5) is 0 Å². The first-order chi connectivity index (χ1) is 30.2. The van der Waals surface area contributed by atoms with Gasteiger partial charge in [0.25, 0.3) is 0 Å². The van der Waals surface area contributed by atoms with E-state index in [1.807, 2.05) is 40.0 Å². The zero-order chi connectivity index (χ0) is 47.6. The number of ketones is 3. The topological polar surface area (TPSA) is 216 Å². The third kappa shape index (κ3) is 19.0. The Kier molecular flexibility index (Phi) is 23.1. The van der Waals surface area contributed by atoms with E-state index in [0.717, 1.165) is 31.3 Å². The Bertz CT molecular complexity index is 1690. The second-order valence-corrected chi connectivity index (χ2v) is 19.2. The van der Waals surface area contributed by atoms with Crippen LogP contribution in [0.25, 0.3) is 0 Å². The molecule has 3 rings (SSSR count). The predicted octanol–water partition coefficient (Wildman–Crippen LogP) is 5.06. The Morgan fingerprint density at radius 3 is 2.27 bits per heavy atom. The molecule has 3 aliphatic rings. The summed E-state index contributed by atoms with van der Waals surface area (Å²) >= 11 is 1.52. The minimum atomic E-state index is -0.924. The second kappa shape index (κ2) is 27.1. The first kappa shape index (κ1) is 54.6. The van der Waals surface area contributed by atoms with Crippen molar-refractivity contribution in [3.8, 4) is 0 Å². The lowest BCUT2D eigenvalue weighted by Gasteiger charge is -2.39. The quantitative estimate of drug-likeness (QED) is 0.0279.